The molecule has 1 aliphatic heterocycles. The summed E-state index contributed by atoms with van der Waals surface area (Å²) >= 11 is 0. The lowest BCUT2D eigenvalue weighted by Crippen LogP contribution is -2.46. The summed E-state index contributed by atoms with van der Waals surface area (Å²) in [7, 11) is -4.01. The Bertz CT molecular complexity index is 1230. The Kier molecular flexibility index (Phi) is 6.54. The Morgan fingerprint density at radius 1 is 1.03 bits per heavy atom. The van der Waals surface area contributed by atoms with Gasteiger partial charge in [0.2, 0.25) is 5.91 Å². The fourth-order valence-electron chi connectivity index (χ4n) is 4.64. The lowest BCUT2D eigenvalue weighted by Gasteiger charge is -2.37. The molecule has 0 aliphatic carbocycles. The zero-order chi connectivity index (χ0) is 23.6. The number of nitrogens with two attached hydrogens (primary N) is 1. The highest BCUT2D eigenvalue weighted by atomic mass is 32.2. The Morgan fingerprint density at radius 2 is 1.67 bits per heavy atom. The van der Waals surface area contributed by atoms with Crippen molar-refractivity contribution >= 4 is 21.6 Å². The van der Waals surface area contributed by atoms with Crippen LogP contribution in [-0.4, -0.2) is 32.1 Å². The summed E-state index contributed by atoms with van der Waals surface area (Å²) in [6, 6.07) is 22.5. The third-order valence-electron chi connectivity index (χ3n) is 6.39. The average Bonchev–Trinajstić information content (AvgIpc) is 2.98. The maximum atomic E-state index is 14.1. The summed E-state index contributed by atoms with van der Waals surface area (Å²) in [5, 5.41) is 10.4. The number of nitrogens with zero attached hydrogens (tertiary/aromatic N) is 1. The van der Waals surface area contributed by atoms with Crippen LogP contribution in [0.5, 0.6) is 0 Å². The van der Waals surface area contributed by atoms with E-state index in [0.29, 0.717) is 12.1 Å². The first-order chi connectivity index (χ1) is 15.8. The molecule has 6 nitrogen and oxygen atoms in total. The van der Waals surface area contributed by atoms with Crippen molar-refractivity contribution < 1.29 is 18.3 Å². The van der Waals surface area contributed by atoms with Gasteiger partial charge >= 0.3 is 0 Å². The summed E-state index contributed by atoms with van der Waals surface area (Å²) in [6.07, 6.45) is 0.546. The summed E-state index contributed by atoms with van der Waals surface area (Å²) in [5.41, 5.74) is 8.76. The molecule has 0 saturated carbocycles. The molecule has 3 aromatic carbocycles. The van der Waals surface area contributed by atoms with Crippen molar-refractivity contribution in [1.29, 1.82) is 0 Å². The molecule has 1 aliphatic rings. The van der Waals surface area contributed by atoms with Crippen molar-refractivity contribution in [3.63, 3.8) is 0 Å². The number of carbonyl (C=O) groups excluding carboxylic acids is 1. The maximum Gasteiger partial charge on any atom is 0.264 e. The van der Waals surface area contributed by atoms with Gasteiger partial charge in [0.15, 0.2) is 0 Å². The Labute approximate surface area is 194 Å². The number of carbonyl (C=O) groups is 1. The number of hydrogen-bond donors (Lipinski definition) is 2. The number of aryl methyl sites for hydroxylation is 1. The summed E-state index contributed by atoms with van der Waals surface area (Å²) in [6.45, 7) is 1.62. The largest absolute Gasteiger partial charge is 0.396 e. The van der Waals surface area contributed by atoms with Crippen LogP contribution in [0.2, 0.25) is 0 Å². The number of anilines is 1. The van der Waals surface area contributed by atoms with Crippen molar-refractivity contribution in [3.05, 3.63) is 95.6 Å². The number of fused-ring (bicyclic) bond motifs is 1. The van der Waals surface area contributed by atoms with Crippen LogP contribution in [0.25, 0.3) is 0 Å². The minimum atomic E-state index is -4.01. The third kappa shape index (κ3) is 4.51. The molecule has 0 fully saturated rings. The first-order valence-electron chi connectivity index (χ1n) is 11.0. The monoisotopic (exact) mass is 464 g/mol. The van der Waals surface area contributed by atoms with Gasteiger partial charge in [-0.05, 0) is 49.1 Å². The van der Waals surface area contributed by atoms with Crippen LogP contribution in [0, 0.1) is 12.8 Å². The molecule has 2 unspecified atom stereocenters. The van der Waals surface area contributed by atoms with Crippen LogP contribution < -0.4 is 10.0 Å². The van der Waals surface area contributed by atoms with Crippen LogP contribution in [0.15, 0.2) is 83.8 Å². The first kappa shape index (κ1) is 23.0. The molecule has 0 bridgehead atoms. The second kappa shape index (κ2) is 9.37. The highest BCUT2D eigenvalue weighted by molar-refractivity contribution is 7.92. The smallest absolute Gasteiger partial charge is 0.264 e. The normalized spacial score (nSPS) is 19.4. The van der Waals surface area contributed by atoms with E-state index in [1.807, 2.05) is 49.4 Å². The van der Waals surface area contributed by atoms with Gasteiger partial charge in [-0.2, -0.15) is 0 Å². The molecule has 33 heavy (non-hydrogen) atoms. The Balaban J connectivity index is 1.95. The number of primary amides is 1. The SMILES string of the molecule is Cc1ccc(S(=O)(=O)N2c3ccccc3CC(C(N)=O)CC2[C@H](CO)c2ccccc2)cc1. The molecule has 0 aromatic heterocycles. The van der Waals surface area contributed by atoms with Crippen LogP contribution in [0.3, 0.4) is 0 Å². The van der Waals surface area contributed by atoms with E-state index in [1.165, 1.54) is 4.31 Å². The molecule has 0 radical (unpaired) electrons. The van der Waals surface area contributed by atoms with Crippen molar-refractivity contribution in [2.75, 3.05) is 10.9 Å². The number of rotatable bonds is 6. The zero-order valence-electron chi connectivity index (χ0n) is 18.5. The van der Waals surface area contributed by atoms with Gasteiger partial charge in [-0.15, -0.1) is 0 Å². The average molecular weight is 465 g/mol. The predicted octanol–water partition coefficient (Wildman–Crippen LogP) is 3.38. The standard InChI is InChI=1S/C26H28N2O4S/c1-18-11-13-22(14-12-18)33(31,32)28-24-10-6-5-9-20(24)15-21(26(27)30)16-25(28)23(17-29)19-7-3-2-4-8-19/h2-14,21,23,25,29H,15-17H2,1H3,(H2,27,30)/t21?,23-,25?/m1/s1. The summed E-state index contributed by atoms with van der Waals surface area (Å²) in [5.74, 6) is -1.58. The van der Waals surface area contributed by atoms with Crippen molar-refractivity contribution in [3.8, 4) is 0 Å². The van der Waals surface area contributed by atoms with Crippen molar-refractivity contribution in [2.24, 2.45) is 11.7 Å². The predicted molar refractivity (Wildman–Crippen MR) is 128 cm³/mol. The van der Waals surface area contributed by atoms with Crippen LogP contribution in [-0.2, 0) is 21.2 Å². The Hall–Kier alpha value is -3.16. The molecule has 1 amide bonds. The van der Waals surface area contributed by atoms with Gasteiger partial charge in [-0.25, -0.2) is 8.42 Å². The van der Waals surface area contributed by atoms with Gasteiger partial charge in [-0.1, -0.05) is 66.2 Å². The van der Waals surface area contributed by atoms with E-state index in [9.17, 15) is 18.3 Å². The third-order valence-corrected chi connectivity index (χ3v) is 8.24. The van der Waals surface area contributed by atoms with Gasteiger partial charge in [-0.3, -0.25) is 9.10 Å². The molecule has 3 atom stereocenters. The molecule has 172 valence electrons. The van der Waals surface area contributed by atoms with Gasteiger partial charge < -0.3 is 10.8 Å². The number of sulfonamides is 1. The van der Waals surface area contributed by atoms with Crippen molar-refractivity contribution in [2.45, 2.75) is 36.6 Å². The van der Waals surface area contributed by atoms with E-state index < -0.39 is 33.8 Å². The van der Waals surface area contributed by atoms with Gasteiger partial charge in [0, 0.05) is 11.8 Å². The van der Waals surface area contributed by atoms with E-state index >= 15 is 0 Å². The maximum absolute atomic E-state index is 14.1. The van der Waals surface area contributed by atoms with Crippen molar-refractivity contribution in [1.82, 2.24) is 0 Å². The van der Waals surface area contributed by atoms with Crippen LogP contribution in [0.4, 0.5) is 5.69 Å². The van der Waals surface area contributed by atoms with Gasteiger partial charge in [0.1, 0.15) is 0 Å². The number of benzene rings is 3. The molecule has 3 N–H and O–H groups in total. The number of para-hydroxylation sites is 1. The van der Waals surface area contributed by atoms with E-state index in [-0.39, 0.29) is 17.9 Å². The molecular weight excluding hydrogens is 436 g/mol. The molecule has 7 heteroatoms. The lowest BCUT2D eigenvalue weighted by molar-refractivity contribution is -0.122. The van der Waals surface area contributed by atoms with E-state index in [0.717, 1.165) is 16.7 Å². The minimum absolute atomic E-state index is 0.162. The highest BCUT2D eigenvalue weighted by Crippen LogP contribution is 2.41. The van der Waals surface area contributed by atoms with Crippen LogP contribution >= 0.6 is 0 Å². The summed E-state index contributed by atoms with van der Waals surface area (Å²) < 4.78 is 29.6. The fraction of sp³-hybridized carbons (Fsp3) is 0.269. The minimum Gasteiger partial charge on any atom is -0.396 e. The second-order valence-electron chi connectivity index (χ2n) is 8.55. The lowest BCUT2D eigenvalue weighted by atomic mass is 9.85. The van der Waals surface area contributed by atoms with E-state index in [4.69, 9.17) is 5.73 Å². The van der Waals surface area contributed by atoms with E-state index in [2.05, 4.69) is 0 Å². The molecule has 0 saturated heterocycles. The molecule has 1 heterocycles. The number of hydrogen-bond acceptors (Lipinski definition) is 4. The molecular formula is C26H28N2O4S. The van der Waals surface area contributed by atoms with Crippen LogP contribution in [0.1, 0.15) is 29.0 Å². The molecule has 0 spiro atoms. The fourth-order valence-corrected chi connectivity index (χ4v) is 6.37. The quantitative estimate of drug-likeness (QED) is 0.584. The first-order valence-corrected chi connectivity index (χ1v) is 12.4. The number of aliphatic hydroxyl groups excluding tert-OH is 1. The van der Waals surface area contributed by atoms with Gasteiger partial charge in [0.05, 0.1) is 23.2 Å². The number of amides is 1. The highest BCUT2D eigenvalue weighted by Gasteiger charge is 2.42. The molecule has 3 aromatic rings. The second-order valence-corrected chi connectivity index (χ2v) is 10.4. The number of aliphatic hydroxyl groups is 1. The Morgan fingerprint density at radius 3 is 2.30 bits per heavy atom. The van der Waals surface area contributed by atoms with Gasteiger partial charge in [0.25, 0.3) is 10.0 Å². The summed E-state index contributed by atoms with van der Waals surface area (Å²) in [4.78, 5) is 12.5. The topological polar surface area (TPSA) is 101 Å². The molecule has 4 rings (SSSR count). The van der Waals surface area contributed by atoms with E-state index in [1.54, 1.807) is 36.4 Å². The zero-order valence-corrected chi connectivity index (χ0v) is 19.3.